The van der Waals surface area contributed by atoms with Crippen LogP contribution in [0.2, 0.25) is 0 Å². The maximum atomic E-state index is 11.0. The van der Waals surface area contributed by atoms with E-state index in [9.17, 15) is 10.1 Å². The second kappa shape index (κ2) is 8.84. The molecule has 26 heavy (non-hydrogen) atoms. The quantitative estimate of drug-likeness (QED) is 0.522. The van der Waals surface area contributed by atoms with Gasteiger partial charge < -0.3 is 14.4 Å². The molecule has 0 saturated carbocycles. The van der Waals surface area contributed by atoms with Crippen LogP contribution in [0, 0.1) is 10.1 Å². The fourth-order valence-corrected chi connectivity index (χ4v) is 3.30. The van der Waals surface area contributed by atoms with Gasteiger partial charge in [0.15, 0.2) is 6.73 Å². The standard InChI is InChI=1S/C18H26N4O4/c1-2-25-17-13-15(22(23)24)7-8-16(17)18-19-21(14-26-18)12-6-11-20-9-4-3-5-10-20/h7-8,13H,2-6,9-12,14H2,1H3. The SMILES string of the molecule is CCOc1cc([N+](=O)[O-])ccc1C1=NN(CCCN2CCCCC2)CO1. The zero-order chi connectivity index (χ0) is 18.4. The molecule has 0 spiro atoms. The average Bonchev–Trinajstić information content (AvgIpc) is 3.11. The third kappa shape index (κ3) is 4.63. The van der Waals surface area contributed by atoms with Crippen LogP contribution in [0.1, 0.15) is 38.2 Å². The van der Waals surface area contributed by atoms with Crippen LogP contribution in [0.5, 0.6) is 5.75 Å². The van der Waals surface area contributed by atoms with Crippen molar-refractivity contribution in [1.82, 2.24) is 9.91 Å². The highest BCUT2D eigenvalue weighted by Crippen LogP contribution is 2.27. The summed E-state index contributed by atoms with van der Waals surface area (Å²) in [5.41, 5.74) is 0.644. The molecule has 0 bridgehead atoms. The molecule has 0 unspecified atom stereocenters. The van der Waals surface area contributed by atoms with Crippen molar-refractivity contribution in [2.24, 2.45) is 5.10 Å². The Morgan fingerprint density at radius 1 is 1.27 bits per heavy atom. The van der Waals surface area contributed by atoms with E-state index in [1.54, 1.807) is 6.07 Å². The van der Waals surface area contributed by atoms with Crippen molar-refractivity contribution < 1.29 is 14.4 Å². The van der Waals surface area contributed by atoms with Crippen LogP contribution in [0.25, 0.3) is 0 Å². The molecule has 1 aromatic rings. The lowest BCUT2D eigenvalue weighted by molar-refractivity contribution is -0.384. The molecule has 0 radical (unpaired) electrons. The Bertz CT molecular complexity index is 659. The Labute approximate surface area is 153 Å². The molecule has 3 rings (SSSR count). The maximum absolute atomic E-state index is 11.0. The van der Waals surface area contributed by atoms with Gasteiger partial charge in [0.2, 0.25) is 5.90 Å². The summed E-state index contributed by atoms with van der Waals surface area (Å²) < 4.78 is 11.2. The molecule has 0 atom stereocenters. The van der Waals surface area contributed by atoms with Crippen LogP contribution >= 0.6 is 0 Å². The summed E-state index contributed by atoms with van der Waals surface area (Å²) in [5, 5.41) is 17.4. The number of nitrogens with zero attached hydrogens (tertiary/aromatic N) is 4. The first-order valence-electron chi connectivity index (χ1n) is 9.27. The van der Waals surface area contributed by atoms with Crippen molar-refractivity contribution in [3.63, 3.8) is 0 Å². The van der Waals surface area contributed by atoms with E-state index in [1.807, 2.05) is 11.9 Å². The molecule has 2 aliphatic heterocycles. The number of piperidine rings is 1. The second-order valence-electron chi connectivity index (χ2n) is 6.54. The summed E-state index contributed by atoms with van der Waals surface area (Å²) in [6.07, 6.45) is 4.99. The lowest BCUT2D eigenvalue weighted by Gasteiger charge is -2.26. The van der Waals surface area contributed by atoms with Crippen LogP contribution in [0.15, 0.2) is 23.3 Å². The summed E-state index contributed by atoms with van der Waals surface area (Å²) in [5.74, 6) is 0.886. The van der Waals surface area contributed by atoms with Crippen molar-refractivity contribution >= 4 is 11.6 Å². The Morgan fingerprint density at radius 2 is 2.08 bits per heavy atom. The van der Waals surface area contributed by atoms with Crippen molar-refractivity contribution in [3.8, 4) is 5.75 Å². The summed E-state index contributed by atoms with van der Waals surface area (Å²) in [7, 11) is 0. The second-order valence-corrected chi connectivity index (χ2v) is 6.54. The van der Waals surface area contributed by atoms with E-state index in [0.29, 0.717) is 30.5 Å². The Kier molecular flexibility index (Phi) is 6.27. The number of nitro benzene ring substituents is 1. The monoisotopic (exact) mass is 362 g/mol. The van der Waals surface area contributed by atoms with Gasteiger partial charge in [0.05, 0.1) is 23.2 Å². The van der Waals surface area contributed by atoms with Crippen molar-refractivity contribution in [3.05, 3.63) is 33.9 Å². The number of hydrogen-bond donors (Lipinski definition) is 0. The van der Waals surface area contributed by atoms with E-state index in [-0.39, 0.29) is 5.69 Å². The molecule has 8 heteroatoms. The molecule has 0 aliphatic carbocycles. The van der Waals surface area contributed by atoms with Gasteiger partial charge in [-0.25, -0.2) is 0 Å². The third-order valence-electron chi connectivity index (χ3n) is 4.63. The number of hydrazone groups is 1. The molecular formula is C18H26N4O4. The van der Waals surface area contributed by atoms with E-state index in [0.717, 1.165) is 19.5 Å². The largest absolute Gasteiger partial charge is 0.493 e. The maximum Gasteiger partial charge on any atom is 0.273 e. The fourth-order valence-electron chi connectivity index (χ4n) is 3.30. The summed E-state index contributed by atoms with van der Waals surface area (Å²) in [4.78, 5) is 13.0. The Morgan fingerprint density at radius 3 is 2.81 bits per heavy atom. The summed E-state index contributed by atoms with van der Waals surface area (Å²) in [6.45, 7) is 6.97. The summed E-state index contributed by atoms with van der Waals surface area (Å²) >= 11 is 0. The minimum atomic E-state index is -0.434. The van der Waals surface area contributed by atoms with Gasteiger partial charge >= 0.3 is 0 Å². The first-order chi connectivity index (χ1) is 12.7. The van der Waals surface area contributed by atoms with Crippen LogP contribution in [-0.2, 0) is 4.74 Å². The zero-order valence-corrected chi connectivity index (χ0v) is 15.2. The van der Waals surface area contributed by atoms with Gasteiger partial charge in [-0.3, -0.25) is 15.1 Å². The highest BCUT2D eigenvalue weighted by molar-refractivity contribution is 5.97. The molecule has 0 N–H and O–H groups in total. The average molecular weight is 362 g/mol. The predicted molar refractivity (Wildman–Crippen MR) is 98.4 cm³/mol. The normalized spacial score (nSPS) is 17.7. The molecular weight excluding hydrogens is 336 g/mol. The van der Waals surface area contributed by atoms with Crippen LogP contribution in [0.3, 0.4) is 0 Å². The molecule has 1 fully saturated rings. The van der Waals surface area contributed by atoms with Crippen LogP contribution in [0.4, 0.5) is 5.69 Å². The number of ether oxygens (including phenoxy) is 2. The highest BCUT2D eigenvalue weighted by Gasteiger charge is 2.22. The number of non-ortho nitro benzene ring substituents is 1. The van der Waals surface area contributed by atoms with E-state index >= 15 is 0 Å². The molecule has 2 aliphatic rings. The van der Waals surface area contributed by atoms with Crippen molar-refractivity contribution in [1.29, 1.82) is 0 Å². The molecule has 1 aromatic carbocycles. The van der Waals surface area contributed by atoms with E-state index < -0.39 is 4.92 Å². The summed E-state index contributed by atoms with van der Waals surface area (Å²) in [6, 6.07) is 4.51. The van der Waals surface area contributed by atoms with Gasteiger partial charge in [-0.2, -0.15) is 0 Å². The number of hydrogen-bond acceptors (Lipinski definition) is 7. The minimum absolute atomic E-state index is 0.00538. The van der Waals surface area contributed by atoms with Crippen molar-refractivity contribution in [2.45, 2.75) is 32.6 Å². The molecule has 0 amide bonds. The van der Waals surface area contributed by atoms with Gasteiger partial charge in [-0.05, 0) is 51.9 Å². The first kappa shape index (κ1) is 18.4. The molecule has 1 saturated heterocycles. The molecule has 2 heterocycles. The molecule has 0 aromatic heterocycles. The van der Waals surface area contributed by atoms with Gasteiger partial charge in [0.1, 0.15) is 5.75 Å². The number of benzene rings is 1. The predicted octanol–water partition coefficient (Wildman–Crippen LogP) is 2.82. The number of rotatable bonds is 8. The van der Waals surface area contributed by atoms with Crippen LogP contribution < -0.4 is 4.74 Å². The van der Waals surface area contributed by atoms with E-state index in [2.05, 4.69) is 10.0 Å². The van der Waals surface area contributed by atoms with Crippen LogP contribution in [-0.4, -0.2) is 60.2 Å². The van der Waals surface area contributed by atoms with Gasteiger partial charge in [0.25, 0.3) is 5.69 Å². The van der Waals surface area contributed by atoms with E-state index in [4.69, 9.17) is 9.47 Å². The van der Waals surface area contributed by atoms with Gasteiger partial charge in [-0.1, -0.05) is 6.42 Å². The third-order valence-corrected chi connectivity index (χ3v) is 4.63. The fraction of sp³-hybridized carbons (Fsp3) is 0.611. The van der Waals surface area contributed by atoms with Gasteiger partial charge in [-0.15, -0.1) is 5.10 Å². The molecule has 8 nitrogen and oxygen atoms in total. The highest BCUT2D eigenvalue weighted by atomic mass is 16.6. The lowest BCUT2D eigenvalue weighted by Crippen LogP contribution is -2.32. The lowest BCUT2D eigenvalue weighted by atomic mass is 10.1. The van der Waals surface area contributed by atoms with Gasteiger partial charge in [0, 0.05) is 12.6 Å². The topological polar surface area (TPSA) is 80.4 Å². The molecule has 142 valence electrons. The first-order valence-corrected chi connectivity index (χ1v) is 9.27. The smallest absolute Gasteiger partial charge is 0.273 e. The van der Waals surface area contributed by atoms with Crippen molar-refractivity contribution in [2.75, 3.05) is 39.5 Å². The number of likely N-dealkylation sites (tertiary alicyclic amines) is 1. The Balaban J connectivity index is 1.60. The minimum Gasteiger partial charge on any atom is -0.493 e. The number of nitro groups is 1. The van der Waals surface area contributed by atoms with E-state index in [1.165, 1.54) is 44.5 Å². The Hall–Kier alpha value is -2.35. The zero-order valence-electron chi connectivity index (χ0n) is 15.2.